The van der Waals surface area contributed by atoms with Crippen molar-refractivity contribution in [2.24, 2.45) is 0 Å². The lowest BCUT2D eigenvalue weighted by Gasteiger charge is -2.33. The highest BCUT2D eigenvalue weighted by Gasteiger charge is 2.34. The second-order valence-corrected chi connectivity index (χ2v) is 7.07. The first kappa shape index (κ1) is 15.0. The Morgan fingerprint density at radius 1 is 1.53 bits per heavy atom. The minimum absolute atomic E-state index is 0.173. The van der Waals surface area contributed by atoms with Gasteiger partial charge in [0.1, 0.15) is 0 Å². The predicted octanol–water partition coefficient (Wildman–Crippen LogP) is 2.29. The number of morpholine rings is 1. The molecule has 19 heavy (non-hydrogen) atoms. The minimum Gasteiger partial charge on any atom is -0.467 e. The van der Waals surface area contributed by atoms with Crippen molar-refractivity contribution in [2.45, 2.75) is 6.04 Å². The van der Waals surface area contributed by atoms with Gasteiger partial charge in [-0.1, -0.05) is 0 Å². The van der Waals surface area contributed by atoms with E-state index in [1.54, 1.807) is 6.07 Å². The number of thiophene rings is 1. The Bertz CT molecular complexity index is 485. The molecule has 8 heteroatoms. The van der Waals surface area contributed by atoms with Crippen molar-refractivity contribution in [2.75, 3.05) is 26.9 Å². The molecule has 104 valence electrons. The molecule has 0 bridgehead atoms. The summed E-state index contributed by atoms with van der Waals surface area (Å²) in [5, 5.41) is 0. The summed E-state index contributed by atoms with van der Waals surface area (Å²) in [6, 6.07) is 1.06. The zero-order chi connectivity index (χ0) is 14.0. The highest BCUT2D eigenvalue weighted by atomic mass is 79.9. The lowest BCUT2D eigenvalue weighted by atomic mass is 10.2. The fourth-order valence-electron chi connectivity index (χ4n) is 1.77. The molecule has 1 aliphatic heterocycles. The molecule has 1 unspecified atom stereocenters. The van der Waals surface area contributed by atoms with Crippen molar-refractivity contribution in [3.63, 3.8) is 0 Å². The molecule has 2 rings (SSSR count). The molecule has 1 fully saturated rings. The van der Waals surface area contributed by atoms with Gasteiger partial charge in [0.25, 0.3) is 5.91 Å². The number of halogens is 2. The van der Waals surface area contributed by atoms with Crippen LogP contribution in [0.3, 0.4) is 0 Å². The largest absolute Gasteiger partial charge is 0.467 e. The Labute approximate surface area is 131 Å². The molecule has 0 saturated carbocycles. The van der Waals surface area contributed by atoms with Gasteiger partial charge in [-0.3, -0.25) is 4.79 Å². The molecule has 0 radical (unpaired) electrons. The quantitative estimate of drug-likeness (QED) is 0.699. The molecule has 1 saturated heterocycles. The molecular formula is C11H11Br2NO4S. The summed E-state index contributed by atoms with van der Waals surface area (Å²) in [7, 11) is 1.30. The third-order valence-corrected chi connectivity index (χ3v) is 5.96. The lowest BCUT2D eigenvalue weighted by molar-refractivity contribution is -0.151. The summed E-state index contributed by atoms with van der Waals surface area (Å²) < 4.78 is 11.6. The summed E-state index contributed by atoms with van der Waals surface area (Å²) in [6.07, 6.45) is 0. The Morgan fingerprint density at radius 2 is 2.26 bits per heavy atom. The van der Waals surface area contributed by atoms with E-state index in [2.05, 4.69) is 31.9 Å². The van der Waals surface area contributed by atoms with E-state index in [4.69, 9.17) is 9.47 Å². The van der Waals surface area contributed by atoms with Gasteiger partial charge in [0, 0.05) is 11.0 Å². The maximum Gasteiger partial charge on any atom is 0.331 e. The SMILES string of the molecule is COC(=O)C1COCCN1C(=O)c1cc(Br)c(Br)s1. The van der Waals surface area contributed by atoms with E-state index in [9.17, 15) is 9.59 Å². The van der Waals surface area contributed by atoms with Crippen molar-refractivity contribution >= 4 is 55.1 Å². The second kappa shape index (κ2) is 6.34. The topological polar surface area (TPSA) is 55.8 Å². The lowest BCUT2D eigenvalue weighted by Crippen LogP contribution is -2.52. The van der Waals surface area contributed by atoms with Gasteiger partial charge < -0.3 is 14.4 Å². The van der Waals surface area contributed by atoms with E-state index >= 15 is 0 Å². The molecule has 0 aromatic carbocycles. The zero-order valence-corrected chi connectivity index (χ0v) is 14.0. The first-order valence-corrected chi connectivity index (χ1v) is 7.86. The summed E-state index contributed by atoms with van der Waals surface area (Å²) in [5.41, 5.74) is 0. The number of esters is 1. The summed E-state index contributed by atoms with van der Waals surface area (Å²) in [5.74, 6) is -0.641. The Hall–Kier alpha value is -0.440. The second-order valence-electron chi connectivity index (χ2n) is 3.84. The smallest absolute Gasteiger partial charge is 0.331 e. The number of carbonyl (C=O) groups excluding carboxylic acids is 2. The van der Waals surface area contributed by atoms with Crippen molar-refractivity contribution in [3.05, 3.63) is 19.2 Å². The molecule has 2 heterocycles. The van der Waals surface area contributed by atoms with Crippen LogP contribution in [0.4, 0.5) is 0 Å². The third kappa shape index (κ3) is 3.18. The fourth-order valence-corrected chi connectivity index (χ4v) is 3.76. The number of carbonyl (C=O) groups is 2. The van der Waals surface area contributed by atoms with Gasteiger partial charge in [-0.15, -0.1) is 11.3 Å². The highest BCUT2D eigenvalue weighted by Crippen LogP contribution is 2.33. The van der Waals surface area contributed by atoms with Crippen LogP contribution in [0.25, 0.3) is 0 Å². The number of nitrogens with zero attached hydrogens (tertiary/aromatic N) is 1. The fraction of sp³-hybridized carbons (Fsp3) is 0.455. The average Bonchev–Trinajstić information content (AvgIpc) is 2.77. The van der Waals surface area contributed by atoms with Crippen molar-refractivity contribution in [1.29, 1.82) is 0 Å². The summed E-state index contributed by atoms with van der Waals surface area (Å²) >= 11 is 8.02. The molecule has 0 N–H and O–H groups in total. The Balaban J connectivity index is 2.22. The molecule has 5 nitrogen and oxygen atoms in total. The van der Waals surface area contributed by atoms with Crippen LogP contribution in [0.1, 0.15) is 9.67 Å². The van der Waals surface area contributed by atoms with Crippen molar-refractivity contribution < 1.29 is 19.1 Å². The van der Waals surface area contributed by atoms with Gasteiger partial charge in [0.05, 0.1) is 29.0 Å². The maximum atomic E-state index is 12.4. The summed E-state index contributed by atoms with van der Waals surface area (Å²) in [4.78, 5) is 26.2. The van der Waals surface area contributed by atoms with E-state index < -0.39 is 12.0 Å². The van der Waals surface area contributed by atoms with Gasteiger partial charge >= 0.3 is 5.97 Å². The molecule has 0 spiro atoms. The van der Waals surface area contributed by atoms with Gasteiger partial charge in [0.2, 0.25) is 0 Å². The molecule has 1 atom stereocenters. The van der Waals surface area contributed by atoms with Gasteiger partial charge in [0.15, 0.2) is 6.04 Å². The van der Waals surface area contributed by atoms with Crippen LogP contribution in [0, 0.1) is 0 Å². The van der Waals surface area contributed by atoms with E-state index in [1.807, 2.05) is 0 Å². The molecular weight excluding hydrogens is 402 g/mol. The van der Waals surface area contributed by atoms with Crippen LogP contribution in [-0.4, -0.2) is 49.7 Å². The van der Waals surface area contributed by atoms with Crippen LogP contribution in [-0.2, 0) is 14.3 Å². The molecule has 1 amide bonds. The maximum absolute atomic E-state index is 12.4. The number of hydrogen-bond acceptors (Lipinski definition) is 5. The number of amides is 1. The molecule has 1 aliphatic rings. The zero-order valence-electron chi connectivity index (χ0n) is 10.0. The van der Waals surface area contributed by atoms with Gasteiger partial charge in [-0.2, -0.15) is 0 Å². The number of ether oxygens (including phenoxy) is 2. The van der Waals surface area contributed by atoms with Gasteiger partial charge in [-0.05, 0) is 37.9 Å². The minimum atomic E-state index is -0.675. The number of rotatable bonds is 2. The van der Waals surface area contributed by atoms with E-state index in [1.165, 1.54) is 23.3 Å². The van der Waals surface area contributed by atoms with Crippen LogP contribution >= 0.6 is 43.2 Å². The molecule has 1 aromatic heterocycles. The highest BCUT2D eigenvalue weighted by molar-refractivity contribution is 9.13. The normalized spacial score (nSPS) is 19.3. The molecule has 1 aromatic rings. The first-order valence-electron chi connectivity index (χ1n) is 5.46. The monoisotopic (exact) mass is 411 g/mol. The van der Waals surface area contributed by atoms with Crippen LogP contribution in [0.5, 0.6) is 0 Å². The van der Waals surface area contributed by atoms with Crippen LogP contribution < -0.4 is 0 Å². The summed E-state index contributed by atoms with van der Waals surface area (Å²) in [6.45, 7) is 0.977. The van der Waals surface area contributed by atoms with Crippen LogP contribution in [0.15, 0.2) is 14.3 Å². The third-order valence-electron chi connectivity index (χ3n) is 2.72. The average molecular weight is 413 g/mol. The van der Waals surface area contributed by atoms with Gasteiger partial charge in [-0.25, -0.2) is 4.79 Å². The number of hydrogen-bond donors (Lipinski definition) is 0. The first-order chi connectivity index (χ1) is 9.04. The van der Waals surface area contributed by atoms with E-state index in [0.717, 1.165) is 8.26 Å². The number of methoxy groups -OCH3 is 1. The van der Waals surface area contributed by atoms with Crippen molar-refractivity contribution in [3.8, 4) is 0 Å². The van der Waals surface area contributed by atoms with E-state index in [0.29, 0.717) is 18.0 Å². The molecule has 0 aliphatic carbocycles. The van der Waals surface area contributed by atoms with E-state index in [-0.39, 0.29) is 12.5 Å². The Kier molecular flexibility index (Phi) is 4.99. The van der Waals surface area contributed by atoms with Crippen molar-refractivity contribution in [1.82, 2.24) is 4.90 Å². The standard InChI is InChI=1S/C11H11Br2NO4S/c1-17-11(16)7-5-18-3-2-14(7)10(15)8-4-6(12)9(13)19-8/h4,7H,2-3,5H2,1H3. The van der Waals surface area contributed by atoms with Crippen LogP contribution in [0.2, 0.25) is 0 Å². The predicted molar refractivity (Wildman–Crippen MR) is 77.4 cm³/mol. The Morgan fingerprint density at radius 3 is 2.84 bits per heavy atom.